The first-order valence-corrected chi connectivity index (χ1v) is 10.5. The molecule has 3 aromatic carbocycles. The smallest absolute Gasteiger partial charge is 0.262 e. The number of benzene rings is 3. The molecule has 0 unspecified atom stereocenters. The highest BCUT2D eigenvalue weighted by Gasteiger charge is 2.19. The molecule has 4 nitrogen and oxygen atoms in total. The number of rotatable bonds is 6. The number of Topliss-reactive ketones (excluding diaryl/α,β-unsaturated/α-hetero) is 1. The minimum atomic E-state index is -0.551. The summed E-state index contributed by atoms with van der Waals surface area (Å²) in [7, 11) is 0. The van der Waals surface area contributed by atoms with Gasteiger partial charge in [0, 0.05) is 0 Å². The van der Waals surface area contributed by atoms with Crippen LogP contribution in [0, 0.1) is 5.82 Å². The molecule has 4 aromatic rings. The molecule has 6 heteroatoms. The van der Waals surface area contributed by atoms with Crippen molar-refractivity contribution in [3.8, 4) is 0 Å². The Morgan fingerprint density at radius 1 is 1.00 bits per heavy atom. The van der Waals surface area contributed by atoms with Gasteiger partial charge in [0.15, 0.2) is 10.9 Å². The lowest BCUT2D eigenvalue weighted by Gasteiger charge is -2.20. The molecule has 1 aromatic heterocycles. The molecule has 30 heavy (non-hydrogen) atoms. The highest BCUT2D eigenvalue weighted by Crippen LogP contribution is 2.25. The Kier molecular flexibility index (Phi) is 5.77. The minimum Gasteiger partial charge on any atom is -0.293 e. The molecule has 1 atom stereocenters. The fourth-order valence-electron chi connectivity index (χ4n) is 3.34. The van der Waals surface area contributed by atoms with Gasteiger partial charge in [-0.1, -0.05) is 66.4 Å². The number of carbonyl (C=O) groups is 1. The molecule has 0 saturated carbocycles. The van der Waals surface area contributed by atoms with Crippen LogP contribution in [0.1, 0.15) is 28.9 Å². The first-order valence-electron chi connectivity index (χ1n) is 9.53. The average molecular weight is 418 g/mol. The van der Waals surface area contributed by atoms with Crippen molar-refractivity contribution in [2.24, 2.45) is 0 Å². The van der Waals surface area contributed by atoms with Crippen molar-refractivity contribution in [3.05, 3.63) is 106 Å². The van der Waals surface area contributed by atoms with Crippen molar-refractivity contribution >= 4 is 28.4 Å². The summed E-state index contributed by atoms with van der Waals surface area (Å²) in [5.74, 6) is -0.920. The second-order valence-corrected chi connectivity index (χ2v) is 7.81. The number of thioether (sulfide) groups is 1. The number of ketones is 1. The molecule has 0 N–H and O–H groups in total. The van der Waals surface area contributed by atoms with Crippen LogP contribution in [0.2, 0.25) is 0 Å². The number of aromatic nitrogens is 2. The van der Waals surface area contributed by atoms with Crippen LogP contribution in [0.15, 0.2) is 88.8 Å². The van der Waals surface area contributed by atoms with Crippen molar-refractivity contribution in [2.45, 2.75) is 18.1 Å². The molecule has 1 heterocycles. The third-order valence-corrected chi connectivity index (χ3v) is 5.90. The second-order valence-electron chi connectivity index (χ2n) is 6.87. The number of fused-ring (bicyclic) bond motifs is 1. The van der Waals surface area contributed by atoms with Crippen LogP contribution < -0.4 is 5.56 Å². The van der Waals surface area contributed by atoms with E-state index in [9.17, 15) is 14.0 Å². The van der Waals surface area contributed by atoms with Crippen LogP contribution in [-0.2, 0) is 0 Å². The van der Waals surface area contributed by atoms with E-state index in [-0.39, 0.29) is 28.7 Å². The predicted molar refractivity (Wildman–Crippen MR) is 118 cm³/mol. The summed E-state index contributed by atoms with van der Waals surface area (Å²) in [4.78, 5) is 30.5. The summed E-state index contributed by atoms with van der Waals surface area (Å²) < 4.78 is 15.6. The van der Waals surface area contributed by atoms with Gasteiger partial charge in [-0.2, -0.15) is 0 Å². The first kappa shape index (κ1) is 20.0. The molecular weight excluding hydrogens is 399 g/mol. The number of hydrogen-bond acceptors (Lipinski definition) is 4. The highest BCUT2D eigenvalue weighted by molar-refractivity contribution is 7.99. The van der Waals surface area contributed by atoms with E-state index in [0.717, 1.165) is 17.3 Å². The van der Waals surface area contributed by atoms with Crippen LogP contribution >= 0.6 is 11.8 Å². The van der Waals surface area contributed by atoms with Gasteiger partial charge in [-0.3, -0.25) is 14.2 Å². The number of halogens is 1. The third kappa shape index (κ3) is 3.91. The van der Waals surface area contributed by atoms with Gasteiger partial charge in [0.05, 0.1) is 28.3 Å². The van der Waals surface area contributed by atoms with E-state index in [4.69, 9.17) is 0 Å². The SMILES string of the molecule is C[C@@H](c1ccccc1)n1c(SCC(=O)c2ccccc2F)nc2ccccc2c1=O. The Bertz CT molecular complexity index is 1270. The Morgan fingerprint density at radius 2 is 1.67 bits per heavy atom. The van der Waals surface area contributed by atoms with E-state index in [1.54, 1.807) is 34.9 Å². The largest absolute Gasteiger partial charge is 0.293 e. The molecule has 4 rings (SSSR count). The molecule has 0 amide bonds. The van der Waals surface area contributed by atoms with E-state index < -0.39 is 5.82 Å². The van der Waals surface area contributed by atoms with E-state index in [0.29, 0.717) is 16.1 Å². The summed E-state index contributed by atoms with van der Waals surface area (Å²) in [5, 5.41) is 0.949. The van der Waals surface area contributed by atoms with Crippen molar-refractivity contribution in [2.75, 3.05) is 5.75 Å². The zero-order chi connectivity index (χ0) is 21.1. The van der Waals surface area contributed by atoms with E-state index >= 15 is 0 Å². The zero-order valence-corrected chi connectivity index (χ0v) is 17.1. The normalized spacial score (nSPS) is 12.1. The van der Waals surface area contributed by atoms with Crippen LogP contribution in [0.3, 0.4) is 0 Å². The lowest BCUT2D eigenvalue weighted by molar-refractivity contribution is 0.101. The molecule has 0 fully saturated rings. The molecule has 0 aliphatic carbocycles. The topological polar surface area (TPSA) is 52.0 Å². The van der Waals surface area contributed by atoms with Gasteiger partial charge in [-0.25, -0.2) is 9.37 Å². The van der Waals surface area contributed by atoms with Crippen molar-refractivity contribution < 1.29 is 9.18 Å². The summed E-state index contributed by atoms with van der Waals surface area (Å²) >= 11 is 1.15. The molecule has 0 spiro atoms. The van der Waals surface area contributed by atoms with E-state index in [2.05, 4.69) is 4.98 Å². The van der Waals surface area contributed by atoms with Crippen LogP contribution in [-0.4, -0.2) is 21.1 Å². The Balaban J connectivity index is 1.75. The molecule has 150 valence electrons. The Hall–Kier alpha value is -3.25. The first-order chi connectivity index (χ1) is 14.6. The average Bonchev–Trinajstić information content (AvgIpc) is 2.78. The monoisotopic (exact) mass is 418 g/mol. The van der Waals surface area contributed by atoms with Crippen LogP contribution in [0.25, 0.3) is 10.9 Å². The van der Waals surface area contributed by atoms with Gasteiger partial charge in [0.2, 0.25) is 0 Å². The van der Waals surface area contributed by atoms with Gasteiger partial charge < -0.3 is 0 Å². The summed E-state index contributed by atoms with van der Waals surface area (Å²) in [5.41, 5.74) is 1.40. The van der Waals surface area contributed by atoms with Crippen molar-refractivity contribution in [3.63, 3.8) is 0 Å². The lowest BCUT2D eigenvalue weighted by atomic mass is 10.1. The maximum atomic E-state index is 14.0. The van der Waals surface area contributed by atoms with Gasteiger partial charge in [-0.15, -0.1) is 0 Å². The predicted octanol–water partition coefficient (Wildman–Crippen LogP) is 5.12. The molecular formula is C24H19FN2O2S. The van der Waals surface area contributed by atoms with E-state index in [1.165, 1.54) is 12.1 Å². The molecule has 0 radical (unpaired) electrons. The maximum Gasteiger partial charge on any atom is 0.262 e. The van der Waals surface area contributed by atoms with Gasteiger partial charge in [0.25, 0.3) is 5.56 Å². The molecule has 0 aliphatic rings. The maximum absolute atomic E-state index is 14.0. The summed E-state index contributed by atoms with van der Waals surface area (Å²) in [6.45, 7) is 1.93. The molecule has 0 aliphatic heterocycles. The summed E-state index contributed by atoms with van der Waals surface area (Å²) in [6, 6.07) is 22.4. The fraction of sp³-hybridized carbons (Fsp3) is 0.125. The summed E-state index contributed by atoms with van der Waals surface area (Å²) in [6.07, 6.45) is 0. The van der Waals surface area contributed by atoms with Crippen molar-refractivity contribution in [1.29, 1.82) is 0 Å². The minimum absolute atomic E-state index is 0.0206. The zero-order valence-electron chi connectivity index (χ0n) is 16.3. The fourth-order valence-corrected chi connectivity index (χ4v) is 4.30. The molecule has 0 bridgehead atoms. The standard InChI is InChI=1S/C24H19FN2O2S/c1-16(17-9-3-2-4-10-17)27-23(29)19-12-6-8-14-21(19)26-24(27)30-15-22(28)18-11-5-7-13-20(18)25/h2-14,16H,15H2,1H3/t16-/m0/s1. The number of carbonyl (C=O) groups excluding carboxylic acids is 1. The highest BCUT2D eigenvalue weighted by atomic mass is 32.2. The van der Waals surface area contributed by atoms with Gasteiger partial charge in [0.1, 0.15) is 5.82 Å². The number of para-hydroxylation sites is 1. The number of hydrogen-bond donors (Lipinski definition) is 0. The van der Waals surface area contributed by atoms with Crippen LogP contribution in [0.5, 0.6) is 0 Å². The lowest BCUT2D eigenvalue weighted by Crippen LogP contribution is -2.27. The second kappa shape index (κ2) is 8.63. The van der Waals surface area contributed by atoms with Crippen LogP contribution in [0.4, 0.5) is 4.39 Å². The Labute approximate surface area is 177 Å². The van der Waals surface area contributed by atoms with Gasteiger partial charge in [-0.05, 0) is 36.8 Å². The number of nitrogens with zero attached hydrogens (tertiary/aromatic N) is 2. The van der Waals surface area contributed by atoms with Crippen molar-refractivity contribution in [1.82, 2.24) is 9.55 Å². The Morgan fingerprint density at radius 3 is 2.43 bits per heavy atom. The van der Waals surface area contributed by atoms with Gasteiger partial charge >= 0.3 is 0 Å². The third-order valence-electron chi connectivity index (χ3n) is 4.95. The van der Waals surface area contributed by atoms with E-state index in [1.807, 2.05) is 43.3 Å². The quantitative estimate of drug-likeness (QED) is 0.248. The molecule has 0 saturated heterocycles.